The summed E-state index contributed by atoms with van der Waals surface area (Å²) in [5, 5.41) is 0. The van der Waals surface area contributed by atoms with Crippen LogP contribution in [0.3, 0.4) is 0 Å². The molecule has 2 unspecified atom stereocenters. The molecule has 0 saturated carbocycles. The smallest absolute Gasteiger partial charge is 0.127 e. The van der Waals surface area contributed by atoms with Gasteiger partial charge in [-0.25, -0.2) is 0 Å². The molecule has 0 N–H and O–H groups in total. The van der Waals surface area contributed by atoms with E-state index in [0.717, 1.165) is 5.75 Å². The zero-order chi connectivity index (χ0) is 16.0. The van der Waals surface area contributed by atoms with Crippen molar-refractivity contribution in [3.8, 4) is 5.75 Å². The van der Waals surface area contributed by atoms with Crippen molar-refractivity contribution in [2.75, 3.05) is 0 Å². The van der Waals surface area contributed by atoms with Crippen LogP contribution in [-0.4, -0.2) is 0 Å². The third-order valence-corrected chi connectivity index (χ3v) is 5.33. The molecule has 1 heterocycles. The monoisotopic (exact) mass is 294 g/mol. The Hall–Kier alpha value is -1.76. The second-order valence-electron chi connectivity index (χ2n) is 7.02. The van der Waals surface area contributed by atoms with Crippen molar-refractivity contribution in [2.45, 2.75) is 53.6 Å². The van der Waals surface area contributed by atoms with Gasteiger partial charge in [-0.05, 0) is 67.5 Å². The minimum atomic E-state index is 0.142. The molecule has 116 valence electrons. The summed E-state index contributed by atoms with van der Waals surface area (Å²) in [6.45, 7) is 13.3. The first kappa shape index (κ1) is 15.1. The van der Waals surface area contributed by atoms with Crippen molar-refractivity contribution >= 4 is 0 Å². The molecule has 1 aliphatic rings. The van der Waals surface area contributed by atoms with Crippen LogP contribution in [0.5, 0.6) is 5.75 Å². The summed E-state index contributed by atoms with van der Waals surface area (Å²) < 4.78 is 6.46. The predicted molar refractivity (Wildman–Crippen MR) is 92.8 cm³/mol. The average Bonchev–Trinajstić information content (AvgIpc) is 2.45. The number of fused-ring (bicyclic) bond motifs is 1. The van der Waals surface area contributed by atoms with E-state index < -0.39 is 0 Å². The highest BCUT2D eigenvalue weighted by Crippen LogP contribution is 2.47. The van der Waals surface area contributed by atoms with E-state index in [1.54, 1.807) is 0 Å². The lowest BCUT2D eigenvalue weighted by molar-refractivity contribution is 0.106. The van der Waals surface area contributed by atoms with Gasteiger partial charge in [0.15, 0.2) is 0 Å². The van der Waals surface area contributed by atoms with Crippen LogP contribution in [-0.2, 0) is 0 Å². The highest BCUT2D eigenvalue weighted by atomic mass is 16.5. The highest BCUT2D eigenvalue weighted by Gasteiger charge is 2.34. The van der Waals surface area contributed by atoms with Crippen LogP contribution in [0.2, 0.25) is 0 Å². The molecule has 0 amide bonds. The molecule has 3 atom stereocenters. The fourth-order valence-electron chi connectivity index (χ4n) is 3.70. The van der Waals surface area contributed by atoms with Gasteiger partial charge in [0.1, 0.15) is 11.9 Å². The van der Waals surface area contributed by atoms with Crippen LogP contribution < -0.4 is 4.74 Å². The molecule has 1 aliphatic heterocycles. The van der Waals surface area contributed by atoms with E-state index in [1.807, 2.05) is 0 Å². The lowest BCUT2D eigenvalue weighted by atomic mass is 9.78. The number of hydrogen-bond donors (Lipinski definition) is 0. The molecular formula is C21H26O. The molecule has 0 aromatic heterocycles. The van der Waals surface area contributed by atoms with Gasteiger partial charge in [-0.15, -0.1) is 0 Å². The van der Waals surface area contributed by atoms with Crippen molar-refractivity contribution in [3.05, 3.63) is 63.7 Å². The fourth-order valence-corrected chi connectivity index (χ4v) is 3.70. The van der Waals surface area contributed by atoms with Crippen molar-refractivity contribution in [1.82, 2.24) is 0 Å². The van der Waals surface area contributed by atoms with Gasteiger partial charge in [-0.1, -0.05) is 38.1 Å². The molecular weight excluding hydrogens is 268 g/mol. The lowest BCUT2D eigenvalue weighted by Gasteiger charge is -2.38. The normalized spacial score (nSPS) is 23.8. The van der Waals surface area contributed by atoms with Crippen LogP contribution in [0.1, 0.15) is 59.3 Å². The summed E-state index contributed by atoms with van der Waals surface area (Å²) in [5.74, 6) is 2.05. The summed E-state index contributed by atoms with van der Waals surface area (Å²) in [6, 6.07) is 11.2. The van der Waals surface area contributed by atoms with Crippen molar-refractivity contribution < 1.29 is 4.74 Å². The Balaban J connectivity index is 2.06. The van der Waals surface area contributed by atoms with E-state index >= 15 is 0 Å². The third-order valence-electron chi connectivity index (χ3n) is 5.33. The summed E-state index contributed by atoms with van der Waals surface area (Å²) >= 11 is 0. The summed E-state index contributed by atoms with van der Waals surface area (Å²) in [4.78, 5) is 0. The fraction of sp³-hybridized carbons (Fsp3) is 0.429. The zero-order valence-electron chi connectivity index (χ0n) is 14.5. The van der Waals surface area contributed by atoms with Gasteiger partial charge in [-0.3, -0.25) is 0 Å². The molecule has 1 heteroatoms. The first-order valence-corrected chi connectivity index (χ1v) is 8.23. The quantitative estimate of drug-likeness (QED) is 0.646. The van der Waals surface area contributed by atoms with Gasteiger partial charge in [0, 0.05) is 11.5 Å². The number of hydrogen-bond acceptors (Lipinski definition) is 1. The number of rotatable bonds is 1. The molecule has 0 fully saturated rings. The first-order chi connectivity index (χ1) is 10.4. The highest BCUT2D eigenvalue weighted by molar-refractivity contribution is 5.48. The zero-order valence-corrected chi connectivity index (χ0v) is 14.5. The molecule has 0 aliphatic carbocycles. The van der Waals surface area contributed by atoms with Crippen molar-refractivity contribution in [1.29, 1.82) is 0 Å². The van der Waals surface area contributed by atoms with Gasteiger partial charge in [0.05, 0.1) is 0 Å². The van der Waals surface area contributed by atoms with Crippen LogP contribution in [0.25, 0.3) is 0 Å². The van der Waals surface area contributed by atoms with Crippen LogP contribution in [0.15, 0.2) is 30.3 Å². The molecule has 2 aromatic rings. The second-order valence-corrected chi connectivity index (χ2v) is 7.02. The third kappa shape index (κ3) is 2.43. The Morgan fingerprint density at radius 3 is 2.23 bits per heavy atom. The number of benzene rings is 2. The first-order valence-electron chi connectivity index (χ1n) is 8.23. The Morgan fingerprint density at radius 1 is 0.818 bits per heavy atom. The van der Waals surface area contributed by atoms with Crippen molar-refractivity contribution in [3.63, 3.8) is 0 Å². The van der Waals surface area contributed by atoms with E-state index in [4.69, 9.17) is 4.74 Å². The molecule has 0 bridgehead atoms. The second kappa shape index (κ2) is 5.46. The maximum absolute atomic E-state index is 6.46. The van der Waals surface area contributed by atoms with Gasteiger partial charge in [0.2, 0.25) is 0 Å². The summed E-state index contributed by atoms with van der Waals surface area (Å²) in [5.41, 5.74) is 8.00. The molecule has 1 nitrogen and oxygen atoms in total. The van der Waals surface area contributed by atoms with E-state index in [2.05, 4.69) is 71.9 Å². The standard InChI is InChI=1S/C21H26O/c1-12-9-15(4)20-16(5)17(6)21(22-19(20)10-12)18-8-7-13(2)14(3)11-18/h7-11,16-17,21H,1-6H3/t16?,17?,21-/m0/s1. The molecule has 2 aromatic carbocycles. The molecule has 0 radical (unpaired) electrons. The van der Waals surface area contributed by atoms with Crippen molar-refractivity contribution in [2.24, 2.45) is 5.92 Å². The maximum atomic E-state index is 6.46. The van der Waals surface area contributed by atoms with Gasteiger partial charge in [-0.2, -0.15) is 0 Å². The Bertz CT molecular complexity index is 714. The Labute approximate surface area is 134 Å². The Morgan fingerprint density at radius 2 is 1.55 bits per heavy atom. The average molecular weight is 294 g/mol. The minimum absolute atomic E-state index is 0.142. The van der Waals surface area contributed by atoms with E-state index in [-0.39, 0.29) is 6.10 Å². The van der Waals surface area contributed by atoms with E-state index in [9.17, 15) is 0 Å². The van der Waals surface area contributed by atoms with Gasteiger partial charge >= 0.3 is 0 Å². The number of aryl methyl sites for hydroxylation is 4. The molecule has 22 heavy (non-hydrogen) atoms. The van der Waals surface area contributed by atoms with Crippen LogP contribution in [0, 0.1) is 33.6 Å². The minimum Gasteiger partial charge on any atom is -0.485 e. The number of ether oxygens (including phenoxy) is 1. The lowest BCUT2D eigenvalue weighted by Crippen LogP contribution is -2.27. The predicted octanol–water partition coefficient (Wildman–Crippen LogP) is 5.79. The topological polar surface area (TPSA) is 9.23 Å². The SMILES string of the molecule is Cc1cc(C)c2c(c1)O[C@H](c1ccc(C)c(C)c1)C(C)C2C. The molecule has 0 saturated heterocycles. The largest absolute Gasteiger partial charge is 0.485 e. The molecule has 0 spiro atoms. The van der Waals surface area contributed by atoms with Crippen LogP contribution >= 0.6 is 0 Å². The van der Waals surface area contributed by atoms with Crippen LogP contribution in [0.4, 0.5) is 0 Å². The summed E-state index contributed by atoms with van der Waals surface area (Å²) in [6.07, 6.45) is 0.142. The summed E-state index contributed by atoms with van der Waals surface area (Å²) in [7, 11) is 0. The maximum Gasteiger partial charge on any atom is 0.127 e. The van der Waals surface area contributed by atoms with Gasteiger partial charge < -0.3 is 4.74 Å². The van der Waals surface area contributed by atoms with E-state index in [0.29, 0.717) is 11.8 Å². The van der Waals surface area contributed by atoms with Gasteiger partial charge in [0.25, 0.3) is 0 Å². The molecule has 3 rings (SSSR count). The van der Waals surface area contributed by atoms with E-state index in [1.165, 1.54) is 33.4 Å². The Kier molecular flexibility index (Phi) is 3.76.